The molecule has 2 unspecified atom stereocenters. The van der Waals surface area contributed by atoms with Crippen molar-refractivity contribution in [3.63, 3.8) is 0 Å². The minimum Gasteiger partial charge on any atom is -0.462 e. The summed E-state index contributed by atoms with van der Waals surface area (Å²) in [4.78, 5) is 35.9. The third-order valence-corrected chi connectivity index (χ3v) is 15.3. The predicted molar refractivity (Wildman–Crippen MR) is 353 cm³/mol. The van der Waals surface area contributed by atoms with Crippen molar-refractivity contribution >= 4 is 19.8 Å². The lowest BCUT2D eigenvalue weighted by Gasteiger charge is -2.24. The number of carbonyl (C=O) groups is 2. The van der Waals surface area contributed by atoms with E-state index >= 15 is 0 Å². The maximum absolute atomic E-state index is 12.9. The summed E-state index contributed by atoms with van der Waals surface area (Å²) in [5.41, 5.74) is 0. The van der Waals surface area contributed by atoms with Crippen molar-refractivity contribution < 1.29 is 42.1 Å². The van der Waals surface area contributed by atoms with Gasteiger partial charge in [0.2, 0.25) is 0 Å². The molecule has 9 nitrogen and oxygen atoms in total. The molecule has 10 heteroatoms. The molecule has 0 bridgehead atoms. The van der Waals surface area contributed by atoms with Gasteiger partial charge < -0.3 is 18.9 Å². The molecule has 0 rings (SSSR count). The highest BCUT2D eigenvalue weighted by atomic mass is 31.2. The lowest BCUT2D eigenvalue weighted by atomic mass is 10.0. The fourth-order valence-corrected chi connectivity index (χ4v) is 9.89. The average Bonchev–Trinajstić information content (AvgIpc) is 3.45. The fourth-order valence-electron chi connectivity index (χ4n) is 9.15. The van der Waals surface area contributed by atoms with Gasteiger partial charge in [-0.05, 0) is 103 Å². The van der Waals surface area contributed by atoms with Crippen LogP contribution in [-0.2, 0) is 32.7 Å². The van der Waals surface area contributed by atoms with Crippen molar-refractivity contribution in [2.75, 3.05) is 47.5 Å². The second-order valence-corrected chi connectivity index (χ2v) is 24.9. The minimum absolute atomic E-state index is 0.0264. The van der Waals surface area contributed by atoms with Crippen molar-refractivity contribution in [3.8, 4) is 0 Å². The van der Waals surface area contributed by atoms with Crippen LogP contribution in [0.5, 0.6) is 0 Å². The first kappa shape index (κ1) is 78.7. The van der Waals surface area contributed by atoms with Gasteiger partial charge in [0.1, 0.15) is 19.8 Å². The Morgan fingerprint density at radius 3 is 1.04 bits per heavy atom. The number of hydrogen-bond donors (Lipinski definition) is 1. The molecule has 0 aliphatic heterocycles. The van der Waals surface area contributed by atoms with Gasteiger partial charge in [0, 0.05) is 12.8 Å². The zero-order valence-corrected chi connectivity index (χ0v) is 54.6. The van der Waals surface area contributed by atoms with Crippen molar-refractivity contribution in [1.29, 1.82) is 0 Å². The summed E-state index contributed by atoms with van der Waals surface area (Å²) in [5, 5.41) is 0. The molecule has 0 radical (unpaired) electrons. The van der Waals surface area contributed by atoms with Crippen molar-refractivity contribution in [2.24, 2.45) is 0 Å². The first-order valence-electron chi connectivity index (χ1n) is 33.6. The molecule has 0 aromatic heterocycles. The largest absolute Gasteiger partial charge is 0.472 e. The average molecular weight is 1170 g/mol. The smallest absolute Gasteiger partial charge is 0.462 e. The number of hydrogen-bond acceptors (Lipinski definition) is 7. The molecule has 1 N–H and O–H groups in total. The van der Waals surface area contributed by atoms with Crippen LogP contribution in [0.4, 0.5) is 0 Å². The monoisotopic (exact) mass is 1160 g/mol. The standard InChI is InChI=1S/C72H126NO8P/c1-6-8-10-12-14-16-18-20-22-24-26-28-30-32-34-36-38-40-42-44-46-48-50-52-54-56-58-60-62-64-71(74)78-68-70(69-80-82(76,77)79-67-66-73(3,4)5)81-72(75)65-63-61-59-57-55-53-51-49-47-45-43-41-39-37-35-33-31-29-27-25-23-21-19-17-15-13-11-9-7-2/h9,11,15,17-18,20-21,23-24,26-27,29-30,32-33,35,39,41,70H,6-8,10,12-14,16,19,22,25,28,31,34,36-38,40,42-69H2,1-5H3/p+1/b11-9-,17-15-,20-18-,23-21-,26-24-,29-27-,32-30-,35-33-,41-39-. The van der Waals surface area contributed by atoms with Crippen LogP contribution in [0, 0.1) is 0 Å². The molecule has 0 aliphatic rings. The van der Waals surface area contributed by atoms with Gasteiger partial charge in [0.25, 0.3) is 0 Å². The summed E-state index contributed by atoms with van der Waals surface area (Å²) in [6.07, 6.45) is 87.4. The molecule has 0 saturated carbocycles. The number of esters is 2. The number of quaternary nitrogens is 1. The highest BCUT2D eigenvalue weighted by molar-refractivity contribution is 7.47. The van der Waals surface area contributed by atoms with E-state index in [4.69, 9.17) is 18.5 Å². The quantitative estimate of drug-likeness (QED) is 0.0211. The van der Waals surface area contributed by atoms with Gasteiger partial charge in [-0.3, -0.25) is 18.6 Å². The number of rotatable bonds is 61. The molecule has 82 heavy (non-hydrogen) atoms. The van der Waals surface area contributed by atoms with Gasteiger partial charge in [0.15, 0.2) is 6.10 Å². The van der Waals surface area contributed by atoms with Crippen LogP contribution in [-0.4, -0.2) is 74.9 Å². The molecule has 0 saturated heterocycles. The third-order valence-electron chi connectivity index (χ3n) is 14.3. The van der Waals surface area contributed by atoms with Crippen molar-refractivity contribution in [2.45, 2.75) is 290 Å². The second kappa shape index (κ2) is 62.2. The van der Waals surface area contributed by atoms with E-state index in [-0.39, 0.29) is 32.0 Å². The molecule has 472 valence electrons. The molecule has 0 aromatic rings. The Morgan fingerprint density at radius 1 is 0.390 bits per heavy atom. The lowest BCUT2D eigenvalue weighted by molar-refractivity contribution is -0.870. The van der Waals surface area contributed by atoms with Crippen molar-refractivity contribution in [1.82, 2.24) is 0 Å². The van der Waals surface area contributed by atoms with E-state index in [1.54, 1.807) is 0 Å². The van der Waals surface area contributed by atoms with Crippen LogP contribution < -0.4 is 0 Å². The highest BCUT2D eigenvalue weighted by Gasteiger charge is 2.27. The number of likely N-dealkylation sites (N-methyl/N-ethyl adjacent to an activating group) is 1. The van der Waals surface area contributed by atoms with Crippen LogP contribution in [0.3, 0.4) is 0 Å². The van der Waals surface area contributed by atoms with Gasteiger partial charge in [-0.15, -0.1) is 0 Å². The van der Waals surface area contributed by atoms with Crippen LogP contribution >= 0.6 is 7.82 Å². The first-order chi connectivity index (χ1) is 40.0. The molecule has 0 amide bonds. The summed E-state index contributed by atoms with van der Waals surface area (Å²) in [7, 11) is 1.47. The van der Waals surface area contributed by atoms with E-state index in [0.717, 1.165) is 96.3 Å². The van der Waals surface area contributed by atoms with Crippen LogP contribution in [0.1, 0.15) is 284 Å². The normalized spacial score (nSPS) is 13.9. The van der Waals surface area contributed by atoms with E-state index in [1.165, 1.54) is 154 Å². The number of unbranched alkanes of at least 4 members (excludes halogenated alkanes) is 29. The summed E-state index contributed by atoms with van der Waals surface area (Å²) in [6.45, 7) is 4.32. The Kier molecular flexibility index (Phi) is 59.7. The van der Waals surface area contributed by atoms with E-state index < -0.39 is 26.5 Å². The minimum atomic E-state index is -4.40. The van der Waals surface area contributed by atoms with Gasteiger partial charge in [-0.25, -0.2) is 4.57 Å². The SMILES string of the molecule is CC/C=C\C/C=C\C/C=C\C/C=C\C/C=C\C/C=C\CCCCCCCCCCCCC(=O)OC(COC(=O)CCCCCCCCCCCCCCCC/C=C\C/C=C\C/C=C\CCCCCCC)COP(=O)(O)OCC[N+](C)(C)C. The molecule has 0 aromatic carbocycles. The molecular formula is C72H127NO8P+. The van der Waals surface area contributed by atoms with E-state index in [9.17, 15) is 19.0 Å². The number of phosphoric ester groups is 1. The molecule has 0 heterocycles. The zero-order chi connectivity index (χ0) is 59.8. The molecule has 0 aliphatic carbocycles. The topological polar surface area (TPSA) is 108 Å². The molecule has 0 fully saturated rings. The lowest BCUT2D eigenvalue weighted by Crippen LogP contribution is -2.37. The van der Waals surface area contributed by atoms with Crippen molar-refractivity contribution in [3.05, 3.63) is 109 Å². The number of ether oxygens (including phenoxy) is 2. The highest BCUT2D eigenvalue weighted by Crippen LogP contribution is 2.43. The summed E-state index contributed by atoms with van der Waals surface area (Å²) in [6, 6.07) is 0. The van der Waals surface area contributed by atoms with Crippen LogP contribution in [0.15, 0.2) is 109 Å². The van der Waals surface area contributed by atoms with Gasteiger partial charge in [0.05, 0.1) is 27.7 Å². The van der Waals surface area contributed by atoms with E-state index in [1.807, 2.05) is 21.1 Å². The Balaban J connectivity index is 4.11. The molecular weight excluding hydrogens is 1040 g/mol. The Bertz CT molecular complexity index is 1750. The maximum atomic E-state index is 12.9. The molecule has 0 spiro atoms. The van der Waals surface area contributed by atoms with Gasteiger partial charge in [-0.1, -0.05) is 277 Å². The van der Waals surface area contributed by atoms with E-state index in [0.29, 0.717) is 17.4 Å². The number of phosphoric acid groups is 1. The number of nitrogens with zero attached hydrogens (tertiary/aromatic N) is 1. The van der Waals surface area contributed by atoms with E-state index in [2.05, 4.69) is 123 Å². The summed E-state index contributed by atoms with van der Waals surface area (Å²) in [5.74, 6) is -0.801. The maximum Gasteiger partial charge on any atom is 0.472 e. The number of carbonyl (C=O) groups excluding carboxylic acids is 2. The van der Waals surface area contributed by atoms with Gasteiger partial charge in [-0.2, -0.15) is 0 Å². The Labute approximate surface area is 506 Å². The summed E-state index contributed by atoms with van der Waals surface area (Å²) < 4.78 is 34.7. The summed E-state index contributed by atoms with van der Waals surface area (Å²) >= 11 is 0. The molecule has 2 atom stereocenters. The number of allylic oxidation sites excluding steroid dienone is 18. The van der Waals surface area contributed by atoms with Gasteiger partial charge >= 0.3 is 19.8 Å². The van der Waals surface area contributed by atoms with Crippen LogP contribution in [0.25, 0.3) is 0 Å². The third kappa shape index (κ3) is 65.8. The predicted octanol–water partition coefficient (Wildman–Crippen LogP) is 21.7. The Morgan fingerprint density at radius 2 is 0.695 bits per heavy atom. The first-order valence-corrected chi connectivity index (χ1v) is 35.1. The van der Waals surface area contributed by atoms with Crippen LogP contribution in [0.2, 0.25) is 0 Å². The Hall–Kier alpha value is -3.33. The zero-order valence-electron chi connectivity index (χ0n) is 53.7. The fraction of sp³-hybridized carbons (Fsp3) is 0.722. The second-order valence-electron chi connectivity index (χ2n) is 23.5.